The Balaban J connectivity index is 1.53. The maximum atomic E-state index is 5.37. The Kier molecular flexibility index (Phi) is 3.22. The first kappa shape index (κ1) is 12.7. The number of nitrogens with one attached hydrogen (secondary N) is 1. The normalized spacial score (nSPS) is 35.0. The van der Waals surface area contributed by atoms with Gasteiger partial charge in [0, 0.05) is 6.04 Å². The molecule has 1 N–H and O–H groups in total. The van der Waals surface area contributed by atoms with Crippen LogP contribution < -0.4 is 10.1 Å². The molecule has 108 valence electrons. The van der Waals surface area contributed by atoms with Crippen LogP contribution in [0.5, 0.6) is 5.75 Å². The van der Waals surface area contributed by atoms with Gasteiger partial charge in [-0.2, -0.15) is 0 Å². The van der Waals surface area contributed by atoms with Crippen molar-refractivity contribution in [1.82, 2.24) is 5.32 Å². The summed E-state index contributed by atoms with van der Waals surface area (Å²) in [6.45, 7) is 1.12. The van der Waals surface area contributed by atoms with Crippen molar-refractivity contribution in [1.29, 1.82) is 0 Å². The molecule has 0 amide bonds. The molecule has 1 aliphatic heterocycles. The third kappa shape index (κ3) is 2.14. The lowest BCUT2D eigenvalue weighted by Gasteiger charge is -2.32. The van der Waals surface area contributed by atoms with Gasteiger partial charge >= 0.3 is 0 Å². The van der Waals surface area contributed by atoms with Crippen molar-refractivity contribution in [3.8, 4) is 5.75 Å². The third-order valence-electron chi connectivity index (χ3n) is 5.93. The lowest BCUT2D eigenvalue weighted by Crippen LogP contribution is -2.32. The van der Waals surface area contributed by atoms with Crippen LogP contribution in [0.3, 0.4) is 0 Å². The second-order valence-corrected chi connectivity index (χ2v) is 6.99. The average Bonchev–Trinajstić information content (AvgIpc) is 3.09. The molecule has 0 spiro atoms. The molecule has 2 fully saturated rings. The van der Waals surface area contributed by atoms with E-state index in [-0.39, 0.29) is 0 Å². The van der Waals surface area contributed by atoms with Crippen molar-refractivity contribution in [3.63, 3.8) is 0 Å². The zero-order chi connectivity index (χ0) is 13.5. The number of ether oxygens (including phenoxy) is 1. The van der Waals surface area contributed by atoms with E-state index in [9.17, 15) is 0 Å². The molecule has 0 saturated heterocycles. The fraction of sp³-hybridized carbons (Fsp3) is 0.667. The number of methoxy groups -OCH3 is 1. The maximum Gasteiger partial charge on any atom is 0.119 e. The molecule has 2 nitrogen and oxygen atoms in total. The topological polar surface area (TPSA) is 21.3 Å². The summed E-state index contributed by atoms with van der Waals surface area (Å²) in [5, 5.41) is 3.76. The van der Waals surface area contributed by atoms with E-state index in [0.29, 0.717) is 6.04 Å². The quantitative estimate of drug-likeness (QED) is 0.905. The largest absolute Gasteiger partial charge is 0.497 e. The molecule has 0 radical (unpaired) electrons. The van der Waals surface area contributed by atoms with E-state index < -0.39 is 0 Å². The summed E-state index contributed by atoms with van der Waals surface area (Å²) in [5.41, 5.74) is 3.02. The Morgan fingerprint density at radius 3 is 2.95 bits per heavy atom. The summed E-state index contributed by atoms with van der Waals surface area (Å²) in [7, 11) is 1.76. The second kappa shape index (κ2) is 5.07. The predicted molar refractivity (Wildman–Crippen MR) is 81.0 cm³/mol. The lowest BCUT2D eigenvalue weighted by atomic mass is 9.81. The number of rotatable bonds is 3. The number of benzene rings is 1. The van der Waals surface area contributed by atoms with E-state index in [1.54, 1.807) is 7.11 Å². The fourth-order valence-corrected chi connectivity index (χ4v) is 4.93. The van der Waals surface area contributed by atoms with Gasteiger partial charge in [0.05, 0.1) is 7.11 Å². The molecule has 4 unspecified atom stereocenters. The van der Waals surface area contributed by atoms with Crippen LogP contribution in [0, 0.1) is 17.8 Å². The van der Waals surface area contributed by atoms with E-state index in [2.05, 4.69) is 23.5 Å². The Morgan fingerprint density at radius 2 is 2.20 bits per heavy atom. The monoisotopic (exact) mass is 271 g/mol. The highest BCUT2D eigenvalue weighted by molar-refractivity contribution is 5.39. The molecular weight excluding hydrogens is 246 g/mol. The summed E-state index contributed by atoms with van der Waals surface area (Å²) in [4.78, 5) is 0. The van der Waals surface area contributed by atoms with Gasteiger partial charge in [0.2, 0.25) is 0 Å². The van der Waals surface area contributed by atoms with E-state index in [0.717, 1.165) is 36.5 Å². The first-order chi connectivity index (χ1) is 9.83. The summed E-state index contributed by atoms with van der Waals surface area (Å²) >= 11 is 0. The van der Waals surface area contributed by atoms with Crippen LogP contribution in [0.25, 0.3) is 0 Å². The molecule has 2 saturated carbocycles. The molecule has 2 bridgehead atoms. The SMILES string of the molecule is COc1ccc2c(c1)CCNC2CC1CC2CCC1C2. The van der Waals surface area contributed by atoms with Gasteiger partial charge in [-0.25, -0.2) is 0 Å². The van der Waals surface area contributed by atoms with Gasteiger partial charge in [0.15, 0.2) is 0 Å². The standard InChI is InChI=1S/C18H25NO/c1-20-16-4-5-17-14(10-16)6-7-19-18(17)11-15-9-12-2-3-13(15)8-12/h4-5,10,12-13,15,18-19H,2-3,6-9,11H2,1H3. The van der Waals surface area contributed by atoms with Crippen molar-refractivity contribution in [2.45, 2.75) is 44.6 Å². The van der Waals surface area contributed by atoms with Gasteiger partial charge in [-0.15, -0.1) is 0 Å². The van der Waals surface area contributed by atoms with E-state index in [1.807, 2.05) is 0 Å². The Morgan fingerprint density at radius 1 is 1.25 bits per heavy atom. The Bertz CT molecular complexity index is 498. The van der Waals surface area contributed by atoms with Crippen molar-refractivity contribution in [3.05, 3.63) is 29.3 Å². The highest BCUT2D eigenvalue weighted by Crippen LogP contribution is 2.51. The van der Waals surface area contributed by atoms with E-state index in [4.69, 9.17) is 4.74 Å². The minimum Gasteiger partial charge on any atom is -0.497 e. The maximum absolute atomic E-state index is 5.37. The van der Waals surface area contributed by atoms with E-state index >= 15 is 0 Å². The average molecular weight is 271 g/mol. The van der Waals surface area contributed by atoms with Gasteiger partial charge in [0.25, 0.3) is 0 Å². The van der Waals surface area contributed by atoms with Gasteiger partial charge in [-0.1, -0.05) is 12.5 Å². The molecule has 4 rings (SSSR count). The van der Waals surface area contributed by atoms with Crippen LogP contribution >= 0.6 is 0 Å². The molecule has 2 heteroatoms. The van der Waals surface area contributed by atoms with Crippen LogP contribution in [-0.4, -0.2) is 13.7 Å². The minimum atomic E-state index is 0.578. The van der Waals surface area contributed by atoms with Gasteiger partial charge in [0.1, 0.15) is 5.75 Å². The highest BCUT2D eigenvalue weighted by atomic mass is 16.5. The molecule has 0 aromatic heterocycles. The van der Waals surface area contributed by atoms with Crippen LogP contribution in [0.1, 0.15) is 49.3 Å². The van der Waals surface area contributed by atoms with E-state index in [1.165, 1.54) is 43.2 Å². The fourth-order valence-electron chi connectivity index (χ4n) is 4.93. The van der Waals surface area contributed by atoms with Gasteiger partial charge < -0.3 is 10.1 Å². The number of fused-ring (bicyclic) bond motifs is 3. The second-order valence-electron chi connectivity index (χ2n) is 6.99. The summed E-state index contributed by atoms with van der Waals surface area (Å²) in [6.07, 6.45) is 8.51. The zero-order valence-corrected chi connectivity index (χ0v) is 12.4. The molecular formula is C18H25NO. The van der Waals surface area contributed by atoms with Crippen LogP contribution in [-0.2, 0) is 6.42 Å². The third-order valence-corrected chi connectivity index (χ3v) is 5.93. The van der Waals surface area contributed by atoms with Crippen LogP contribution in [0.15, 0.2) is 18.2 Å². The zero-order valence-electron chi connectivity index (χ0n) is 12.4. The van der Waals surface area contributed by atoms with Crippen LogP contribution in [0.2, 0.25) is 0 Å². The van der Waals surface area contributed by atoms with Gasteiger partial charge in [-0.3, -0.25) is 0 Å². The number of hydrogen-bond donors (Lipinski definition) is 1. The number of hydrogen-bond acceptors (Lipinski definition) is 2. The lowest BCUT2D eigenvalue weighted by molar-refractivity contribution is 0.275. The van der Waals surface area contributed by atoms with Crippen molar-refractivity contribution in [2.24, 2.45) is 17.8 Å². The van der Waals surface area contributed by atoms with Crippen LogP contribution in [0.4, 0.5) is 0 Å². The van der Waals surface area contributed by atoms with Crippen molar-refractivity contribution >= 4 is 0 Å². The smallest absolute Gasteiger partial charge is 0.119 e. The highest BCUT2D eigenvalue weighted by Gasteiger charge is 2.40. The first-order valence-electron chi connectivity index (χ1n) is 8.23. The summed E-state index contributed by atoms with van der Waals surface area (Å²) in [6, 6.07) is 7.23. The molecule has 1 aromatic carbocycles. The Labute approximate surface area is 121 Å². The van der Waals surface area contributed by atoms with Gasteiger partial charge in [-0.05, 0) is 79.7 Å². The van der Waals surface area contributed by atoms with Crippen molar-refractivity contribution in [2.75, 3.05) is 13.7 Å². The van der Waals surface area contributed by atoms with Crippen molar-refractivity contribution < 1.29 is 4.74 Å². The molecule has 2 aliphatic carbocycles. The summed E-state index contributed by atoms with van der Waals surface area (Å²) < 4.78 is 5.37. The first-order valence-corrected chi connectivity index (χ1v) is 8.23. The molecule has 1 aromatic rings. The molecule has 3 aliphatic rings. The summed E-state index contributed by atoms with van der Waals surface area (Å²) in [5.74, 6) is 4.07. The Hall–Kier alpha value is -1.02. The molecule has 4 atom stereocenters. The molecule has 1 heterocycles. The molecule has 20 heavy (non-hydrogen) atoms. The predicted octanol–water partition coefficient (Wildman–Crippen LogP) is 3.71. The minimum absolute atomic E-state index is 0.578.